The smallest absolute Gasteiger partial charge is 0.269 e. The van der Waals surface area contributed by atoms with Crippen molar-refractivity contribution in [3.8, 4) is 11.5 Å². The molecule has 29 heavy (non-hydrogen) atoms. The van der Waals surface area contributed by atoms with E-state index in [-0.39, 0.29) is 23.0 Å². The van der Waals surface area contributed by atoms with Gasteiger partial charge in [0.1, 0.15) is 23.7 Å². The first-order chi connectivity index (χ1) is 13.9. The Morgan fingerprint density at radius 2 is 1.86 bits per heavy atom. The third-order valence-corrected chi connectivity index (χ3v) is 4.18. The fraction of sp³-hybridized carbons (Fsp3) is 0.105. The highest BCUT2D eigenvalue weighted by atomic mass is 32.1. The highest BCUT2D eigenvalue weighted by Gasteiger charge is 2.26. The molecule has 0 aromatic heterocycles. The molecule has 2 aromatic rings. The number of nitrogens with zero attached hydrogens (tertiary/aromatic N) is 1. The molecular formula is C19H15N3O6S. The number of ether oxygens (including phenoxy) is 2. The maximum absolute atomic E-state index is 12.1. The lowest BCUT2D eigenvalue weighted by atomic mass is 10.1. The van der Waals surface area contributed by atoms with Gasteiger partial charge in [0.25, 0.3) is 17.5 Å². The Bertz CT molecular complexity index is 1030. The second-order valence-corrected chi connectivity index (χ2v) is 6.32. The molecule has 0 saturated carbocycles. The fourth-order valence-electron chi connectivity index (χ4n) is 2.57. The van der Waals surface area contributed by atoms with Crippen molar-refractivity contribution >= 4 is 40.9 Å². The highest BCUT2D eigenvalue weighted by Crippen LogP contribution is 2.28. The average molecular weight is 413 g/mol. The second-order valence-electron chi connectivity index (χ2n) is 5.91. The predicted molar refractivity (Wildman–Crippen MR) is 107 cm³/mol. The number of hydrogen-bond donors (Lipinski definition) is 2. The number of carbonyl (C=O) groups excluding carboxylic acids is 2. The van der Waals surface area contributed by atoms with Gasteiger partial charge in [-0.3, -0.25) is 30.3 Å². The molecule has 2 aromatic carbocycles. The van der Waals surface area contributed by atoms with Gasteiger partial charge < -0.3 is 9.47 Å². The zero-order valence-corrected chi connectivity index (χ0v) is 15.9. The fourth-order valence-corrected chi connectivity index (χ4v) is 2.75. The van der Waals surface area contributed by atoms with Crippen molar-refractivity contribution in [2.24, 2.45) is 0 Å². The van der Waals surface area contributed by atoms with E-state index in [1.165, 1.54) is 25.3 Å². The van der Waals surface area contributed by atoms with E-state index in [9.17, 15) is 19.7 Å². The van der Waals surface area contributed by atoms with Crippen molar-refractivity contribution < 1.29 is 24.0 Å². The van der Waals surface area contributed by atoms with Crippen LogP contribution in [0.1, 0.15) is 11.1 Å². The Morgan fingerprint density at radius 1 is 1.14 bits per heavy atom. The van der Waals surface area contributed by atoms with Gasteiger partial charge in [-0.05, 0) is 36.0 Å². The molecular weight excluding hydrogens is 398 g/mol. The largest absolute Gasteiger partial charge is 0.497 e. The van der Waals surface area contributed by atoms with Crippen LogP contribution in [0.4, 0.5) is 5.69 Å². The molecule has 1 saturated heterocycles. The first kappa shape index (κ1) is 20.0. The van der Waals surface area contributed by atoms with Gasteiger partial charge in [-0.2, -0.15) is 0 Å². The monoisotopic (exact) mass is 413 g/mol. The molecule has 0 atom stereocenters. The molecule has 10 heteroatoms. The van der Waals surface area contributed by atoms with Gasteiger partial charge in [0.05, 0.1) is 12.0 Å². The summed E-state index contributed by atoms with van der Waals surface area (Å²) in [7, 11) is 1.49. The molecule has 1 aliphatic heterocycles. The molecule has 148 valence electrons. The molecule has 1 heterocycles. The lowest BCUT2D eigenvalue weighted by Gasteiger charge is -2.17. The minimum absolute atomic E-state index is 0.0352. The van der Waals surface area contributed by atoms with E-state index in [2.05, 4.69) is 10.6 Å². The zero-order chi connectivity index (χ0) is 21.0. The molecule has 1 fully saturated rings. The Hall–Kier alpha value is -3.79. The van der Waals surface area contributed by atoms with E-state index in [4.69, 9.17) is 21.7 Å². The van der Waals surface area contributed by atoms with E-state index in [0.717, 1.165) is 0 Å². The number of hydrogen-bond acceptors (Lipinski definition) is 7. The molecule has 0 spiro atoms. The van der Waals surface area contributed by atoms with Crippen LogP contribution in [0, 0.1) is 10.1 Å². The standard InChI is InChI=1S/C19H15N3O6S/c1-27-14-6-5-12(8-15-17(23)20-19(29)21-18(15)24)16(9-14)28-10-11-3-2-4-13(7-11)22(25)26/h2-9H,10H2,1H3,(H2,20,21,23,24,29). The quantitative estimate of drug-likeness (QED) is 0.245. The molecule has 3 rings (SSSR count). The summed E-state index contributed by atoms with van der Waals surface area (Å²) in [5.41, 5.74) is 0.845. The van der Waals surface area contributed by atoms with Crippen LogP contribution in [0.25, 0.3) is 6.08 Å². The molecule has 2 N–H and O–H groups in total. The van der Waals surface area contributed by atoms with E-state index >= 15 is 0 Å². The van der Waals surface area contributed by atoms with Crippen LogP contribution < -0.4 is 20.1 Å². The minimum Gasteiger partial charge on any atom is -0.497 e. The molecule has 9 nitrogen and oxygen atoms in total. The van der Waals surface area contributed by atoms with Crippen molar-refractivity contribution in [2.75, 3.05) is 7.11 Å². The summed E-state index contributed by atoms with van der Waals surface area (Å²) in [6.45, 7) is 0.0352. The Morgan fingerprint density at radius 3 is 2.52 bits per heavy atom. The third kappa shape index (κ3) is 4.74. The van der Waals surface area contributed by atoms with Crippen LogP contribution in [-0.4, -0.2) is 29.0 Å². The van der Waals surface area contributed by atoms with Crippen molar-refractivity contribution in [2.45, 2.75) is 6.61 Å². The van der Waals surface area contributed by atoms with Gasteiger partial charge in [-0.25, -0.2) is 0 Å². The van der Waals surface area contributed by atoms with Gasteiger partial charge >= 0.3 is 0 Å². The summed E-state index contributed by atoms with van der Waals surface area (Å²) >= 11 is 4.78. The molecule has 2 amide bonds. The molecule has 0 unspecified atom stereocenters. The lowest BCUT2D eigenvalue weighted by Crippen LogP contribution is -2.51. The second kappa shape index (κ2) is 8.48. The van der Waals surface area contributed by atoms with Gasteiger partial charge in [-0.15, -0.1) is 0 Å². The van der Waals surface area contributed by atoms with E-state index in [0.29, 0.717) is 22.6 Å². The number of nitrogens with one attached hydrogen (secondary N) is 2. The van der Waals surface area contributed by atoms with Gasteiger partial charge in [0.15, 0.2) is 5.11 Å². The Balaban J connectivity index is 1.90. The number of non-ortho nitro benzene ring substituents is 1. The summed E-state index contributed by atoms with van der Waals surface area (Å²) in [5, 5.41) is 15.6. The number of methoxy groups -OCH3 is 1. The molecule has 1 aliphatic rings. The first-order valence-electron chi connectivity index (χ1n) is 8.30. The van der Waals surface area contributed by atoms with Crippen LogP contribution in [0.2, 0.25) is 0 Å². The summed E-state index contributed by atoms with van der Waals surface area (Å²) < 4.78 is 11.0. The molecule has 0 aliphatic carbocycles. The lowest BCUT2D eigenvalue weighted by molar-refractivity contribution is -0.384. The molecule has 0 bridgehead atoms. The number of thiocarbonyl (C=S) groups is 1. The van der Waals surface area contributed by atoms with Crippen LogP contribution in [0.15, 0.2) is 48.0 Å². The van der Waals surface area contributed by atoms with Crippen molar-refractivity contribution in [3.05, 3.63) is 69.3 Å². The maximum atomic E-state index is 12.1. The predicted octanol–water partition coefficient (Wildman–Crippen LogP) is 2.10. The Kier molecular flexibility index (Phi) is 5.84. The van der Waals surface area contributed by atoms with Crippen LogP contribution in [-0.2, 0) is 16.2 Å². The molecule has 0 radical (unpaired) electrons. The summed E-state index contributed by atoms with van der Waals surface area (Å²) in [6, 6.07) is 10.9. The van der Waals surface area contributed by atoms with E-state index < -0.39 is 16.7 Å². The van der Waals surface area contributed by atoms with Gasteiger partial charge in [-0.1, -0.05) is 12.1 Å². The zero-order valence-electron chi connectivity index (χ0n) is 15.1. The minimum atomic E-state index is -0.626. The normalized spacial score (nSPS) is 13.4. The van der Waals surface area contributed by atoms with Crippen LogP contribution in [0.5, 0.6) is 11.5 Å². The van der Waals surface area contributed by atoms with Gasteiger partial charge in [0.2, 0.25) is 0 Å². The van der Waals surface area contributed by atoms with Crippen molar-refractivity contribution in [3.63, 3.8) is 0 Å². The van der Waals surface area contributed by atoms with Crippen molar-refractivity contribution in [1.29, 1.82) is 0 Å². The first-order valence-corrected chi connectivity index (χ1v) is 8.70. The number of benzene rings is 2. The van der Waals surface area contributed by atoms with Crippen LogP contribution >= 0.6 is 12.2 Å². The van der Waals surface area contributed by atoms with E-state index in [1.807, 2.05) is 0 Å². The Labute approximate surface area is 170 Å². The van der Waals surface area contributed by atoms with Gasteiger partial charge in [0, 0.05) is 23.8 Å². The average Bonchev–Trinajstić information content (AvgIpc) is 2.69. The summed E-state index contributed by atoms with van der Waals surface area (Å²) in [6.07, 6.45) is 1.37. The third-order valence-electron chi connectivity index (χ3n) is 3.98. The van der Waals surface area contributed by atoms with Crippen LogP contribution in [0.3, 0.4) is 0 Å². The number of nitro groups is 1. The summed E-state index contributed by atoms with van der Waals surface area (Å²) in [5.74, 6) is -0.421. The van der Waals surface area contributed by atoms with Crippen molar-refractivity contribution in [1.82, 2.24) is 10.6 Å². The summed E-state index contributed by atoms with van der Waals surface area (Å²) in [4.78, 5) is 34.6. The number of carbonyl (C=O) groups is 2. The highest BCUT2D eigenvalue weighted by molar-refractivity contribution is 7.80. The number of rotatable bonds is 6. The number of amides is 2. The SMILES string of the molecule is COc1ccc(C=C2C(=O)NC(=S)NC2=O)c(OCc2cccc([N+](=O)[O-])c2)c1. The number of nitro benzene ring substituents is 1. The topological polar surface area (TPSA) is 120 Å². The van der Waals surface area contributed by atoms with E-state index in [1.54, 1.807) is 30.3 Å². The maximum Gasteiger partial charge on any atom is 0.269 e.